The lowest BCUT2D eigenvalue weighted by molar-refractivity contribution is -0.385. The number of fused-ring (bicyclic) bond motifs is 1. The van der Waals surface area contributed by atoms with E-state index in [4.69, 9.17) is 9.47 Å². The molecule has 22 heavy (non-hydrogen) atoms. The second-order valence-electron chi connectivity index (χ2n) is 4.60. The van der Waals surface area contributed by atoms with Gasteiger partial charge < -0.3 is 14.8 Å². The molecule has 1 aromatic heterocycles. The first-order chi connectivity index (χ1) is 10.6. The number of carbonyl (C=O) groups is 1. The fourth-order valence-electron chi connectivity index (χ4n) is 2.06. The molecule has 1 aliphatic rings. The lowest BCUT2D eigenvalue weighted by atomic mass is 10.1. The van der Waals surface area contributed by atoms with E-state index in [1.165, 1.54) is 18.3 Å². The van der Waals surface area contributed by atoms with Crippen molar-refractivity contribution in [1.29, 1.82) is 0 Å². The predicted octanol–water partition coefficient (Wildman–Crippen LogP) is 2.28. The lowest BCUT2D eigenvalue weighted by Crippen LogP contribution is -2.15. The summed E-state index contributed by atoms with van der Waals surface area (Å²) in [6.07, 6.45) is 1.52. The van der Waals surface area contributed by atoms with Crippen LogP contribution in [0.4, 0.5) is 11.5 Å². The fourth-order valence-corrected chi connectivity index (χ4v) is 2.06. The van der Waals surface area contributed by atoms with Crippen LogP contribution in [-0.4, -0.2) is 22.6 Å². The highest BCUT2D eigenvalue weighted by Gasteiger charge is 2.27. The number of nitrogens with one attached hydrogen (secondary N) is 1. The summed E-state index contributed by atoms with van der Waals surface area (Å²) in [5, 5.41) is 13.7. The predicted molar refractivity (Wildman–Crippen MR) is 76.1 cm³/mol. The first-order valence-electron chi connectivity index (χ1n) is 6.37. The van der Waals surface area contributed by atoms with E-state index in [0.29, 0.717) is 11.6 Å². The number of hydrogen-bond acceptors (Lipinski definition) is 6. The number of pyridine rings is 1. The summed E-state index contributed by atoms with van der Waals surface area (Å²) in [5.74, 6) is 0.261. The summed E-state index contributed by atoms with van der Waals surface area (Å²) in [4.78, 5) is 26.9. The molecule has 1 aliphatic heterocycles. The zero-order chi connectivity index (χ0) is 15.7. The zero-order valence-corrected chi connectivity index (χ0v) is 11.5. The molecular weight excluding hydrogens is 290 g/mol. The number of benzene rings is 1. The number of rotatable bonds is 3. The molecule has 0 bridgehead atoms. The molecule has 2 aromatic rings. The fraction of sp³-hybridized carbons (Fsp3) is 0.143. The zero-order valence-electron chi connectivity index (χ0n) is 11.5. The van der Waals surface area contributed by atoms with Crippen LogP contribution in [-0.2, 0) is 0 Å². The van der Waals surface area contributed by atoms with Crippen LogP contribution in [0, 0.1) is 17.0 Å². The van der Waals surface area contributed by atoms with E-state index in [1.54, 1.807) is 19.1 Å². The van der Waals surface area contributed by atoms with Crippen LogP contribution in [0.3, 0.4) is 0 Å². The standard InChI is InChI=1S/C14H11N3O5/c1-8-3-2-4-15-13(8)16-14(18)9-5-11-12(22-7-21-11)6-10(9)17(19)20/h2-6H,7H2,1H3,(H,15,16,18). The molecule has 0 spiro atoms. The summed E-state index contributed by atoms with van der Waals surface area (Å²) >= 11 is 0. The quantitative estimate of drug-likeness (QED) is 0.689. The number of nitro benzene ring substituents is 1. The van der Waals surface area contributed by atoms with Gasteiger partial charge in [-0.2, -0.15) is 0 Å². The third-order valence-electron chi connectivity index (χ3n) is 3.17. The second-order valence-corrected chi connectivity index (χ2v) is 4.60. The molecule has 8 heteroatoms. The van der Waals surface area contributed by atoms with Gasteiger partial charge in [-0.25, -0.2) is 4.98 Å². The molecule has 1 N–H and O–H groups in total. The Labute approximate surface area is 124 Å². The Bertz CT molecular complexity index is 775. The number of nitro groups is 1. The average molecular weight is 301 g/mol. The molecule has 2 heterocycles. The van der Waals surface area contributed by atoms with Crippen molar-refractivity contribution in [2.75, 3.05) is 12.1 Å². The van der Waals surface area contributed by atoms with Crippen molar-refractivity contribution >= 4 is 17.4 Å². The van der Waals surface area contributed by atoms with Crippen molar-refractivity contribution < 1.29 is 19.2 Å². The molecule has 0 fully saturated rings. The van der Waals surface area contributed by atoms with Crippen molar-refractivity contribution in [2.45, 2.75) is 6.92 Å². The van der Waals surface area contributed by atoms with E-state index in [9.17, 15) is 14.9 Å². The molecule has 8 nitrogen and oxygen atoms in total. The third kappa shape index (κ3) is 2.41. The summed E-state index contributed by atoms with van der Waals surface area (Å²) in [6, 6.07) is 5.99. The summed E-state index contributed by atoms with van der Waals surface area (Å²) in [6.45, 7) is 1.74. The monoisotopic (exact) mass is 301 g/mol. The Morgan fingerprint density at radius 3 is 2.77 bits per heavy atom. The van der Waals surface area contributed by atoms with E-state index in [-0.39, 0.29) is 23.8 Å². The maximum Gasteiger partial charge on any atom is 0.286 e. The van der Waals surface area contributed by atoms with E-state index >= 15 is 0 Å². The van der Waals surface area contributed by atoms with Gasteiger partial charge in [0.05, 0.1) is 11.0 Å². The van der Waals surface area contributed by atoms with Gasteiger partial charge in [-0.15, -0.1) is 0 Å². The van der Waals surface area contributed by atoms with Crippen LogP contribution in [0.15, 0.2) is 30.5 Å². The summed E-state index contributed by atoms with van der Waals surface area (Å²) < 4.78 is 10.2. The molecule has 0 aliphatic carbocycles. The topological polar surface area (TPSA) is 104 Å². The number of hydrogen-bond donors (Lipinski definition) is 1. The Balaban J connectivity index is 1.98. The van der Waals surface area contributed by atoms with Crippen LogP contribution in [0.2, 0.25) is 0 Å². The average Bonchev–Trinajstić information content (AvgIpc) is 2.95. The second kappa shape index (κ2) is 5.32. The molecule has 1 aromatic carbocycles. The molecule has 0 saturated heterocycles. The van der Waals surface area contributed by atoms with Crippen molar-refractivity contribution in [3.8, 4) is 11.5 Å². The molecule has 0 radical (unpaired) electrons. The van der Waals surface area contributed by atoms with Gasteiger partial charge in [0.15, 0.2) is 11.5 Å². The van der Waals surface area contributed by atoms with E-state index in [2.05, 4.69) is 10.3 Å². The first kappa shape index (κ1) is 13.8. The van der Waals surface area contributed by atoms with E-state index < -0.39 is 10.8 Å². The van der Waals surface area contributed by atoms with Gasteiger partial charge in [-0.3, -0.25) is 14.9 Å². The number of aromatic nitrogens is 1. The maximum atomic E-state index is 12.3. The Morgan fingerprint density at radius 1 is 1.36 bits per heavy atom. The maximum absolute atomic E-state index is 12.3. The lowest BCUT2D eigenvalue weighted by Gasteiger charge is -2.08. The number of aryl methyl sites for hydroxylation is 1. The van der Waals surface area contributed by atoms with Crippen LogP contribution < -0.4 is 14.8 Å². The highest BCUT2D eigenvalue weighted by Crippen LogP contribution is 2.38. The minimum Gasteiger partial charge on any atom is -0.454 e. The first-order valence-corrected chi connectivity index (χ1v) is 6.37. The number of nitrogens with zero attached hydrogens (tertiary/aromatic N) is 2. The minimum atomic E-state index is -0.637. The molecule has 0 unspecified atom stereocenters. The Hall–Kier alpha value is -3.16. The molecule has 112 valence electrons. The van der Waals surface area contributed by atoms with E-state index in [1.807, 2.05) is 0 Å². The summed E-state index contributed by atoms with van der Waals surface area (Å²) in [5.41, 5.74) is 0.286. The SMILES string of the molecule is Cc1cccnc1NC(=O)c1cc2c(cc1[N+](=O)[O-])OCO2. The summed E-state index contributed by atoms with van der Waals surface area (Å²) in [7, 11) is 0. The van der Waals surface area contributed by atoms with Gasteiger partial charge in [0.25, 0.3) is 11.6 Å². The van der Waals surface area contributed by atoms with Crippen LogP contribution >= 0.6 is 0 Å². The normalized spacial score (nSPS) is 12.0. The molecular formula is C14H11N3O5. The molecule has 0 atom stereocenters. The molecule has 3 rings (SSSR count). The Kier molecular flexibility index (Phi) is 3.34. The number of carbonyl (C=O) groups excluding carboxylic acids is 1. The van der Waals surface area contributed by atoms with Gasteiger partial charge in [0.2, 0.25) is 6.79 Å². The van der Waals surface area contributed by atoms with E-state index in [0.717, 1.165) is 5.56 Å². The largest absolute Gasteiger partial charge is 0.454 e. The van der Waals surface area contributed by atoms with Crippen molar-refractivity contribution in [3.63, 3.8) is 0 Å². The minimum absolute atomic E-state index is 0.0308. The van der Waals surface area contributed by atoms with Gasteiger partial charge in [0, 0.05) is 12.3 Å². The molecule has 1 amide bonds. The Morgan fingerprint density at radius 2 is 2.09 bits per heavy atom. The third-order valence-corrected chi connectivity index (χ3v) is 3.17. The van der Waals surface area contributed by atoms with Crippen molar-refractivity contribution in [1.82, 2.24) is 4.98 Å². The van der Waals surface area contributed by atoms with Gasteiger partial charge in [-0.1, -0.05) is 6.07 Å². The van der Waals surface area contributed by atoms with Gasteiger partial charge in [-0.05, 0) is 18.6 Å². The molecule has 0 saturated carbocycles. The van der Waals surface area contributed by atoms with Crippen LogP contribution in [0.5, 0.6) is 11.5 Å². The number of ether oxygens (including phenoxy) is 2. The number of amides is 1. The van der Waals surface area contributed by atoms with Crippen molar-refractivity contribution in [3.05, 3.63) is 51.7 Å². The smallest absolute Gasteiger partial charge is 0.286 e. The van der Waals surface area contributed by atoms with Gasteiger partial charge >= 0.3 is 0 Å². The van der Waals surface area contributed by atoms with Crippen LogP contribution in [0.25, 0.3) is 0 Å². The highest BCUT2D eigenvalue weighted by atomic mass is 16.7. The number of anilines is 1. The van der Waals surface area contributed by atoms with Crippen molar-refractivity contribution in [2.24, 2.45) is 0 Å². The van der Waals surface area contributed by atoms with Crippen LogP contribution in [0.1, 0.15) is 15.9 Å². The van der Waals surface area contributed by atoms with Gasteiger partial charge in [0.1, 0.15) is 11.4 Å². The highest BCUT2D eigenvalue weighted by molar-refractivity contribution is 6.07.